The highest BCUT2D eigenvalue weighted by atomic mass is 127. The van der Waals surface area contributed by atoms with E-state index in [2.05, 4.69) is 59.4 Å². The molecule has 0 amide bonds. The minimum Gasteiger partial charge on any atom is -0.352 e. The number of benzene rings is 1. The van der Waals surface area contributed by atoms with Gasteiger partial charge in [-0.15, -0.1) is 24.0 Å². The normalized spacial score (nSPS) is 14.4. The molecular weight excluding hydrogens is 479 g/mol. The molecule has 3 aromatic rings. The summed E-state index contributed by atoms with van der Waals surface area (Å²) in [6.07, 6.45) is 7.30. The van der Waals surface area contributed by atoms with Gasteiger partial charge in [-0.25, -0.2) is 14.6 Å². The second kappa shape index (κ2) is 10.2. The lowest BCUT2D eigenvalue weighted by molar-refractivity contribution is 0.370. The molecule has 0 bridgehead atoms. The first kappa shape index (κ1) is 21.0. The molecule has 3 heterocycles. The standard InChI is InChI=1S/C20H24N8.HI/c1-21-19(26-11-13-27(14-12-26)20-22-7-3-8-23-20)24-16-17-5-2-6-18(15-17)28-10-4-9-25-28;/h2-10,15H,11-14,16H2,1H3,(H,21,24);1H. The summed E-state index contributed by atoms with van der Waals surface area (Å²) < 4.78 is 1.86. The Morgan fingerprint density at radius 2 is 1.83 bits per heavy atom. The van der Waals surface area contributed by atoms with Gasteiger partial charge in [0.2, 0.25) is 5.95 Å². The predicted octanol–water partition coefficient (Wildman–Crippen LogP) is 2.18. The first-order valence-corrected chi connectivity index (χ1v) is 9.40. The van der Waals surface area contributed by atoms with Crippen LogP contribution in [0.5, 0.6) is 0 Å². The fraction of sp³-hybridized carbons (Fsp3) is 0.300. The highest BCUT2D eigenvalue weighted by molar-refractivity contribution is 14.0. The van der Waals surface area contributed by atoms with Crippen molar-refractivity contribution in [2.75, 3.05) is 38.1 Å². The van der Waals surface area contributed by atoms with Gasteiger partial charge in [0.1, 0.15) is 0 Å². The van der Waals surface area contributed by atoms with Crippen molar-refractivity contribution in [1.82, 2.24) is 30.0 Å². The number of guanidine groups is 1. The Morgan fingerprint density at radius 1 is 1.03 bits per heavy atom. The Morgan fingerprint density at radius 3 is 2.52 bits per heavy atom. The Labute approximate surface area is 187 Å². The van der Waals surface area contributed by atoms with E-state index in [-0.39, 0.29) is 24.0 Å². The van der Waals surface area contributed by atoms with E-state index >= 15 is 0 Å². The van der Waals surface area contributed by atoms with Crippen LogP contribution >= 0.6 is 24.0 Å². The van der Waals surface area contributed by atoms with Crippen LogP contribution in [0.2, 0.25) is 0 Å². The number of piperazine rings is 1. The molecule has 29 heavy (non-hydrogen) atoms. The molecule has 1 fully saturated rings. The van der Waals surface area contributed by atoms with E-state index in [9.17, 15) is 0 Å². The van der Waals surface area contributed by atoms with Crippen LogP contribution in [0.15, 0.2) is 66.2 Å². The second-order valence-electron chi connectivity index (χ2n) is 6.54. The predicted molar refractivity (Wildman–Crippen MR) is 125 cm³/mol. The van der Waals surface area contributed by atoms with Gasteiger partial charge in [0.15, 0.2) is 5.96 Å². The molecule has 1 aromatic carbocycles. The zero-order chi connectivity index (χ0) is 19.2. The number of nitrogens with zero attached hydrogens (tertiary/aromatic N) is 7. The molecule has 4 rings (SSSR count). The smallest absolute Gasteiger partial charge is 0.225 e. The number of aromatic nitrogens is 4. The summed E-state index contributed by atoms with van der Waals surface area (Å²) in [4.78, 5) is 17.6. The minimum absolute atomic E-state index is 0. The largest absolute Gasteiger partial charge is 0.352 e. The van der Waals surface area contributed by atoms with E-state index in [1.165, 1.54) is 5.56 Å². The van der Waals surface area contributed by atoms with E-state index in [1.807, 2.05) is 30.1 Å². The number of rotatable bonds is 4. The fourth-order valence-electron chi connectivity index (χ4n) is 3.32. The van der Waals surface area contributed by atoms with Gasteiger partial charge in [-0.2, -0.15) is 5.10 Å². The molecule has 0 aliphatic carbocycles. The van der Waals surface area contributed by atoms with Crippen molar-refractivity contribution in [3.63, 3.8) is 0 Å². The molecule has 2 aromatic heterocycles. The lowest BCUT2D eigenvalue weighted by Crippen LogP contribution is -2.52. The van der Waals surface area contributed by atoms with Gasteiger partial charge in [-0.05, 0) is 29.8 Å². The Hall–Kier alpha value is -2.69. The molecule has 0 atom stereocenters. The number of halogens is 1. The van der Waals surface area contributed by atoms with Crippen LogP contribution in [0.3, 0.4) is 0 Å². The highest BCUT2D eigenvalue weighted by Gasteiger charge is 2.20. The molecule has 1 N–H and O–H groups in total. The zero-order valence-corrected chi connectivity index (χ0v) is 18.7. The number of nitrogens with one attached hydrogen (secondary N) is 1. The van der Waals surface area contributed by atoms with Gasteiger partial charge in [0, 0.05) is 64.6 Å². The average molecular weight is 504 g/mol. The summed E-state index contributed by atoms with van der Waals surface area (Å²) in [6, 6.07) is 12.1. The first-order valence-electron chi connectivity index (χ1n) is 9.40. The minimum atomic E-state index is 0. The van der Waals surface area contributed by atoms with Crippen molar-refractivity contribution < 1.29 is 0 Å². The summed E-state index contributed by atoms with van der Waals surface area (Å²) >= 11 is 0. The van der Waals surface area contributed by atoms with Gasteiger partial charge in [-0.3, -0.25) is 4.99 Å². The molecule has 0 spiro atoms. The molecule has 0 radical (unpaired) electrons. The maximum absolute atomic E-state index is 4.46. The van der Waals surface area contributed by atoms with Crippen molar-refractivity contribution >= 4 is 35.9 Å². The Kier molecular flexibility index (Phi) is 7.39. The second-order valence-corrected chi connectivity index (χ2v) is 6.54. The van der Waals surface area contributed by atoms with Crippen LogP contribution in [0.1, 0.15) is 5.56 Å². The van der Waals surface area contributed by atoms with Gasteiger partial charge in [-0.1, -0.05) is 12.1 Å². The number of anilines is 1. The van der Waals surface area contributed by atoms with Crippen LogP contribution in [0, 0.1) is 0 Å². The van der Waals surface area contributed by atoms with E-state index < -0.39 is 0 Å². The van der Waals surface area contributed by atoms with Crippen LogP contribution in [0.25, 0.3) is 5.69 Å². The molecule has 0 saturated carbocycles. The Bertz CT molecular complexity index is 905. The average Bonchev–Trinajstić information content (AvgIpc) is 3.31. The van der Waals surface area contributed by atoms with Crippen LogP contribution in [0.4, 0.5) is 5.95 Å². The lowest BCUT2D eigenvalue weighted by Gasteiger charge is -2.36. The van der Waals surface area contributed by atoms with Gasteiger partial charge < -0.3 is 15.1 Å². The van der Waals surface area contributed by atoms with Gasteiger partial charge >= 0.3 is 0 Å². The first-order chi connectivity index (χ1) is 13.8. The van der Waals surface area contributed by atoms with Crippen molar-refractivity contribution in [3.8, 4) is 5.69 Å². The third kappa shape index (κ3) is 5.22. The van der Waals surface area contributed by atoms with E-state index in [1.54, 1.807) is 18.6 Å². The topological polar surface area (TPSA) is 74.5 Å². The summed E-state index contributed by atoms with van der Waals surface area (Å²) in [5.74, 6) is 1.71. The molecule has 1 saturated heterocycles. The quantitative estimate of drug-likeness (QED) is 0.334. The summed E-state index contributed by atoms with van der Waals surface area (Å²) in [6.45, 7) is 4.22. The van der Waals surface area contributed by atoms with E-state index in [0.29, 0.717) is 6.54 Å². The highest BCUT2D eigenvalue weighted by Crippen LogP contribution is 2.11. The summed E-state index contributed by atoms with van der Waals surface area (Å²) in [7, 11) is 1.83. The van der Waals surface area contributed by atoms with Gasteiger partial charge in [0.25, 0.3) is 0 Å². The molecule has 152 valence electrons. The zero-order valence-electron chi connectivity index (χ0n) is 16.3. The molecule has 0 unspecified atom stereocenters. The maximum Gasteiger partial charge on any atom is 0.225 e. The fourth-order valence-corrected chi connectivity index (χ4v) is 3.32. The molecular formula is C20H25IN8. The van der Waals surface area contributed by atoms with Gasteiger partial charge in [0.05, 0.1) is 5.69 Å². The van der Waals surface area contributed by atoms with Crippen molar-refractivity contribution in [1.29, 1.82) is 0 Å². The maximum atomic E-state index is 4.46. The SMILES string of the molecule is CN=C(NCc1cccc(-n2cccn2)c1)N1CCN(c2ncccn2)CC1.I. The molecule has 1 aliphatic rings. The van der Waals surface area contributed by atoms with Crippen LogP contribution in [-0.2, 0) is 6.54 Å². The van der Waals surface area contributed by atoms with E-state index in [0.717, 1.165) is 43.8 Å². The third-order valence-electron chi connectivity index (χ3n) is 4.76. The monoisotopic (exact) mass is 504 g/mol. The molecule has 8 nitrogen and oxygen atoms in total. The summed E-state index contributed by atoms with van der Waals surface area (Å²) in [5, 5.41) is 7.77. The third-order valence-corrected chi connectivity index (χ3v) is 4.76. The Balaban J connectivity index is 0.00000240. The van der Waals surface area contributed by atoms with Crippen LogP contribution < -0.4 is 10.2 Å². The number of aliphatic imine (C=N–C) groups is 1. The number of hydrogen-bond donors (Lipinski definition) is 1. The summed E-state index contributed by atoms with van der Waals surface area (Å²) in [5.41, 5.74) is 2.24. The van der Waals surface area contributed by atoms with Crippen molar-refractivity contribution in [3.05, 3.63) is 66.7 Å². The van der Waals surface area contributed by atoms with E-state index in [4.69, 9.17) is 0 Å². The lowest BCUT2D eigenvalue weighted by atomic mass is 10.2. The molecule has 1 aliphatic heterocycles. The van der Waals surface area contributed by atoms with Crippen molar-refractivity contribution in [2.45, 2.75) is 6.54 Å². The van der Waals surface area contributed by atoms with Crippen LogP contribution in [-0.4, -0.2) is 63.8 Å². The molecule has 9 heteroatoms. The van der Waals surface area contributed by atoms with Crippen molar-refractivity contribution in [2.24, 2.45) is 4.99 Å². The number of hydrogen-bond acceptors (Lipinski definition) is 5.